The summed E-state index contributed by atoms with van der Waals surface area (Å²) in [5.74, 6) is -0.170. The monoisotopic (exact) mass is 355 g/mol. The molecule has 1 amide bonds. The number of nitrogens with one attached hydrogen (secondary N) is 1. The lowest BCUT2D eigenvalue weighted by molar-refractivity contribution is -0.110. The van der Waals surface area contributed by atoms with Crippen LogP contribution in [-0.2, 0) is 22.4 Å². The molecular weight excluding hydrogens is 337 g/mol. The number of rotatable bonds is 3. The molecule has 1 aromatic carbocycles. The number of benzene rings is 1. The van der Waals surface area contributed by atoms with Gasteiger partial charge in [0.1, 0.15) is 22.9 Å². The van der Waals surface area contributed by atoms with Crippen molar-refractivity contribution in [3.8, 4) is 0 Å². The maximum absolute atomic E-state index is 13.6. The molecule has 5 nitrogen and oxygen atoms in total. The van der Waals surface area contributed by atoms with E-state index in [0.717, 1.165) is 37.0 Å². The number of ether oxygens (including phenoxy) is 1. The van der Waals surface area contributed by atoms with Gasteiger partial charge in [-0.25, -0.2) is 9.18 Å². The minimum absolute atomic E-state index is 0.253. The Morgan fingerprint density at radius 2 is 2.15 bits per heavy atom. The molecule has 2 aromatic rings. The number of esters is 1. The van der Waals surface area contributed by atoms with Crippen LogP contribution in [0.5, 0.6) is 0 Å². The number of hydrogen-bond donors (Lipinski definition) is 1. The van der Waals surface area contributed by atoms with Crippen molar-refractivity contribution in [1.82, 2.24) is 0 Å². The zero-order valence-corrected chi connectivity index (χ0v) is 14.4. The summed E-state index contributed by atoms with van der Waals surface area (Å²) < 4.78 is 24.7. The third kappa shape index (κ3) is 2.71. The van der Waals surface area contributed by atoms with E-state index in [1.165, 1.54) is 24.3 Å². The molecule has 0 radical (unpaired) electrons. The fraction of sp³-hybridized carbons (Fsp3) is 0.300. The highest BCUT2D eigenvalue weighted by molar-refractivity contribution is 6.35. The normalized spacial score (nSPS) is 17.0. The molecule has 0 bridgehead atoms. The van der Waals surface area contributed by atoms with Crippen molar-refractivity contribution in [2.45, 2.75) is 32.6 Å². The zero-order chi connectivity index (χ0) is 18.3. The van der Waals surface area contributed by atoms with Gasteiger partial charge in [-0.3, -0.25) is 4.79 Å². The van der Waals surface area contributed by atoms with Crippen LogP contribution in [0.25, 0.3) is 11.6 Å². The summed E-state index contributed by atoms with van der Waals surface area (Å²) in [6.45, 7) is 2.00. The van der Waals surface area contributed by atoms with Crippen molar-refractivity contribution in [2.24, 2.45) is 0 Å². The average Bonchev–Trinajstić information content (AvgIpc) is 3.13. The van der Waals surface area contributed by atoms with Gasteiger partial charge in [-0.05, 0) is 50.5 Å². The van der Waals surface area contributed by atoms with Crippen molar-refractivity contribution in [3.05, 3.63) is 52.2 Å². The molecular formula is C20H18FNO4. The molecule has 2 heterocycles. The van der Waals surface area contributed by atoms with E-state index >= 15 is 0 Å². The fourth-order valence-corrected chi connectivity index (χ4v) is 3.55. The first kappa shape index (κ1) is 16.6. The lowest BCUT2D eigenvalue weighted by Crippen LogP contribution is -2.10. The lowest BCUT2D eigenvalue weighted by atomic mass is 9.94. The topological polar surface area (TPSA) is 68.5 Å². The molecule has 0 fully saturated rings. The first-order chi connectivity index (χ1) is 12.6. The predicted octanol–water partition coefficient (Wildman–Crippen LogP) is 3.97. The summed E-state index contributed by atoms with van der Waals surface area (Å²) in [7, 11) is 0. The molecule has 134 valence electrons. The van der Waals surface area contributed by atoms with Crippen molar-refractivity contribution in [2.75, 3.05) is 11.9 Å². The van der Waals surface area contributed by atoms with Crippen molar-refractivity contribution >= 4 is 29.2 Å². The highest BCUT2D eigenvalue weighted by Crippen LogP contribution is 2.37. The molecule has 1 aliphatic heterocycles. The quantitative estimate of drug-likeness (QED) is 0.668. The van der Waals surface area contributed by atoms with Crippen LogP contribution < -0.4 is 5.32 Å². The molecule has 4 rings (SSSR count). The second-order valence-corrected chi connectivity index (χ2v) is 6.37. The smallest absolute Gasteiger partial charge is 0.342 e. The Hall–Kier alpha value is -2.89. The van der Waals surface area contributed by atoms with Gasteiger partial charge in [-0.2, -0.15) is 0 Å². The number of hydrogen-bond acceptors (Lipinski definition) is 4. The fourth-order valence-electron chi connectivity index (χ4n) is 3.55. The molecule has 26 heavy (non-hydrogen) atoms. The first-order valence-electron chi connectivity index (χ1n) is 8.73. The van der Waals surface area contributed by atoms with Gasteiger partial charge in [0.25, 0.3) is 5.91 Å². The zero-order valence-electron chi connectivity index (χ0n) is 14.4. The lowest BCUT2D eigenvalue weighted by Gasteiger charge is -2.10. The number of aryl methyl sites for hydroxylation is 1. The van der Waals surface area contributed by atoms with Crippen molar-refractivity contribution in [3.63, 3.8) is 0 Å². The summed E-state index contributed by atoms with van der Waals surface area (Å²) >= 11 is 0. The van der Waals surface area contributed by atoms with Gasteiger partial charge in [0.15, 0.2) is 0 Å². The Labute approximate surface area is 149 Å². The second-order valence-electron chi connectivity index (χ2n) is 6.37. The molecule has 6 heteroatoms. The summed E-state index contributed by atoms with van der Waals surface area (Å²) in [6, 6.07) is 4.10. The Balaban J connectivity index is 1.85. The number of anilines is 1. The Morgan fingerprint density at radius 1 is 1.35 bits per heavy atom. The van der Waals surface area contributed by atoms with Gasteiger partial charge in [-0.1, -0.05) is 0 Å². The van der Waals surface area contributed by atoms with Crippen LogP contribution in [0.4, 0.5) is 10.1 Å². The van der Waals surface area contributed by atoms with E-state index in [0.29, 0.717) is 22.6 Å². The van der Waals surface area contributed by atoms with Crippen LogP contribution in [0, 0.1) is 5.82 Å². The van der Waals surface area contributed by atoms with E-state index in [9.17, 15) is 14.0 Å². The summed E-state index contributed by atoms with van der Waals surface area (Å²) in [4.78, 5) is 24.8. The molecule has 1 aliphatic carbocycles. The van der Waals surface area contributed by atoms with Gasteiger partial charge in [0.05, 0.1) is 12.2 Å². The largest absolute Gasteiger partial charge is 0.462 e. The number of carbonyl (C=O) groups excluding carboxylic acids is 2. The molecule has 0 spiro atoms. The van der Waals surface area contributed by atoms with E-state index in [4.69, 9.17) is 9.15 Å². The predicted molar refractivity (Wildman–Crippen MR) is 94.2 cm³/mol. The van der Waals surface area contributed by atoms with Crippen molar-refractivity contribution < 1.29 is 23.1 Å². The van der Waals surface area contributed by atoms with Crippen molar-refractivity contribution in [1.29, 1.82) is 0 Å². The average molecular weight is 355 g/mol. The minimum Gasteiger partial charge on any atom is -0.462 e. The molecule has 2 aliphatic rings. The van der Waals surface area contributed by atoms with Crippen LogP contribution in [0.1, 0.15) is 52.8 Å². The minimum atomic E-state index is -0.455. The SMILES string of the molecule is CCOC(=O)c1c(C=C2C(=O)Nc3ccc(F)cc32)oc2c1CCCC2. The number of fused-ring (bicyclic) bond motifs is 2. The highest BCUT2D eigenvalue weighted by Gasteiger charge is 2.30. The number of amides is 1. The second kappa shape index (κ2) is 6.44. The van der Waals surface area contributed by atoms with Crippen LogP contribution in [0.15, 0.2) is 22.6 Å². The van der Waals surface area contributed by atoms with E-state index in [1.807, 2.05) is 0 Å². The maximum Gasteiger partial charge on any atom is 0.342 e. The molecule has 0 saturated carbocycles. The molecule has 0 atom stereocenters. The summed E-state index contributed by atoms with van der Waals surface area (Å²) in [6.07, 6.45) is 4.98. The Bertz CT molecular complexity index is 942. The number of halogens is 1. The molecule has 1 aromatic heterocycles. The number of carbonyl (C=O) groups is 2. The van der Waals surface area contributed by atoms with E-state index in [1.54, 1.807) is 6.92 Å². The molecule has 0 unspecified atom stereocenters. The standard InChI is InChI=1S/C20H18FNO4/c1-2-25-20(24)18-12-5-3-4-6-16(12)26-17(18)10-14-13-9-11(21)7-8-15(13)22-19(14)23/h7-10H,2-6H2,1H3,(H,22,23). The molecule has 1 N–H and O–H groups in total. The van der Waals surface area contributed by atoms with E-state index in [2.05, 4.69) is 5.32 Å². The summed E-state index contributed by atoms with van der Waals surface area (Å²) in [5, 5.41) is 2.70. The van der Waals surface area contributed by atoms with E-state index in [-0.39, 0.29) is 18.1 Å². The van der Waals surface area contributed by atoms with Gasteiger partial charge < -0.3 is 14.5 Å². The van der Waals surface area contributed by atoms with Gasteiger partial charge in [0.2, 0.25) is 0 Å². The molecule has 0 saturated heterocycles. The maximum atomic E-state index is 13.6. The highest BCUT2D eigenvalue weighted by atomic mass is 19.1. The van der Waals surface area contributed by atoms with Gasteiger partial charge in [-0.15, -0.1) is 0 Å². The van der Waals surface area contributed by atoms with Crippen LogP contribution in [-0.4, -0.2) is 18.5 Å². The Morgan fingerprint density at radius 3 is 2.96 bits per heavy atom. The van der Waals surface area contributed by atoms with Crippen LogP contribution >= 0.6 is 0 Å². The van der Waals surface area contributed by atoms with Crippen LogP contribution in [0.3, 0.4) is 0 Å². The Kier molecular flexibility index (Phi) is 4.11. The van der Waals surface area contributed by atoms with Gasteiger partial charge >= 0.3 is 5.97 Å². The van der Waals surface area contributed by atoms with Gasteiger partial charge in [0, 0.05) is 23.2 Å². The third-order valence-electron chi connectivity index (χ3n) is 4.72. The van der Waals surface area contributed by atoms with Crippen LogP contribution in [0.2, 0.25) is 0 Å². The number of furan rings is 1. The third-order valence-corrected chi connectivity index (χ3v) is 4.72. The first-order valence-corrected chi connectivity index (χ1v) is 8.73. The summed E-state index contributed by atoms with van der Waals surface area (Å²) in [5.41, 5.74) is 2.51. The van der Waals surface area contributed by atoms with E-state index < -0.39 is 11.8 Å².